The maximum atomic E-state index is 12.2. The van der Waals surface area contributed by atoms with Gasteiger partial charge in [0.25, 0.3) is 0 Å². The lowest BCUT2D eigenvalue weighted by Crippen LogP contribution is -2.35. The number of fused-ring (bicyclic) bond motifs is 1. The van der Waals surface area contributed by atoms with Crippen molar-refractivity contribution >= 4 is 11.0 Å². The van der Waals surface area contributed by atoms with Gasteiger partial charge in [-0.25, -0.2) is 4.79 Å². The molecule has 5 nitrogen and oxygen atoms in total. The van der Waals surface area contributed by atoms with Gasteiger partial charge in [-0.15, -0.1) is 0 Å². The molecule has 0 saturated carbocycles. The minimum Gasteiger partial charge on any atom is -0.507 e. The Morgan fingerprint density at radius 3 is 2.64 bits per heavy atom. The summed E-state index contributed by atoms with van der Waals surface area (Å²) in [6.45, 7) is 7.44. The first kappa shape index (κ1) is 15.1. The van der Waals surface area contributed by atoms with E-state index in [1.165, 1.54) is 0 Å². The Morgan fingerprint density at radius 2 is 1.95 bits per heavy atom. The van der Waals surface area contributed by atoms with E-state index in [-0.39, 0.29) is 11.4 Å². The van der Waals surface area contributed by atoms with E-state index in [1.54, 1.807) is 6.07 Å². The van der Waals surface area contributed by atoms with Gasteiger partial charge in [0.15, 0.2) is 0 Å². The molecular formula is C17H21NO4. The highest BCUT2D eigenvalue weighted by molar-refractivity contribution is 5.85. The minimum absolute atomic E-state index is 0.172. The lowest BCUT2D eigenvalue weighted by Gasteiger charge is -2.27. The van der Waals surface area contributed by atoms with E-state index in [1.807, 2.05) is 19.9 Å². The molecule has 0 bridgehead atoms. The van der Waals surface area contributed by atoms with Gasteiger partial charge in [0.2, 0.25) is 0 Å². The monoisotopic (exact) mass is 303 g/mol. The van der Waals surface area contributed by atoms with Crippen LogP contribution >= 0.6 is 0 Å². The third kappa shape index (κ3) is 2.62. The van der Waals surface area contributed by atoms with Crippen LogP contribution in [0.5, 0.6) is 5.75 Å². The van der Waals surface area contributed by atoms with Crippen LogP contribution in [0, 0.1) is 6.92 Å². The minimum atomic E-state index is -0.304. The van der Waals surface area contributed by atoms with Gasteiger partial charge in [0.1, 0.15) is 11.3 Å². The summed E-state index contributed by atoms with van der Waals surface area (Å²) >= 11 is 0. The van der Waals surface area contributed by atoms with Gasteiger partial charge < -0.3 is 14.3 Å². The van der Waals surface area contributed by atoms with Gasteiger partial charge in [0.05, 0.1) is 18.8 Å². The molecule has 1 aliphatic heterocycles. The second kappa shape index (κ2) is 6.10. The summed E-state index contributed by atoms with van der Waals surface area (Å²) in [4.78, 5) is 14.4. The standard InChI is InChI=1S/C17H21NO4/c1-3-12-11(2)13-4-5-15(19)14(16(13)22-17(12)20)10-18-6-8-21-9-7-18/h4-5,19H,3,6-10H2,1-2H3. The topological polar surface area (TPSA) is 62.9 Å². The molecule has 0 radical (unpaired) electrons. The fourth-order valence-corrected chi connectivity index (χ4v) is 3.04. The number of ether oxygens (including phenoxy) is 1. The number of hydrogen-bond acceptors (Lipinski definition) is 5. The van der Waals surface area contributed by atoms with E-state index < -0.39 is 0 Å². The van der Waals surface area contributed by atoms with E-state index in [4.69, 9.17) is 9.15 Å². The molecule has 0 amide bonds. The van der Waals surface area contributed by atoms with Crippen molar-refractivity contribution in [2.45, 2.75) is 26.8 Å². The number of morpholine rings is 1. The van der Waals surface area contributed by atoms with Crippen LogP contribution in [0.3, 0.4) is 0 Å². The lowest BCUT2D eigenvalue weighted by atomic mass is 10.0. The molecule has 22 heavy (non-hydrogen) atoms. The van der Waals surface area contributed by atoms with Gasteiger partial charge in [-0.2, -0.15) is 0 Å². The zero-order valence-electron chi connectivity index (χ0n) is 13.0. The van der Waals surface area contributed by atoms with Crippen LogP contribution in [0.25, 0.3) is 11.0 Å². The zero-order valence-corrected chi connectivity index (χ0v) is 13.0. The molecule has 1 aromatic carbocycles. The third-order valence-electron chi connectivity index (χ3n) is 4.37. The number of nitrogens with zero attached hydrogens (tertiary/aromatic N) is 1. The van der Waals surface area contributed by atoms with Crippen molar-refractivity contribution in [3.05, 3.63) is 39.2 Å². The quantitative estimate of drug-likeness (QED) is 0.881. The molecule has 1 fully saturated rings. The predicted molar refractivity (Wildman–Crippen MR) is 84.4 cm³/mol. The molecule has 1 aromatic heterocycles. The number of phenolic OH excluding ortho intramolecular Hbond substituents is 1. The van der Waals surface area contributed by atoms with E-state index in [2.05, 4.69) is 4.90 Å². The summed E-state index contributed by atoms with van der Waals surface area (Å²) in [7, 11) is 0. The number of hydrogen-bond donors (Lipinski definition) is 1. The van der Waals surface area contributed by atoms with E-state index in [9.17, 15) is 9.90 Å². The average molecular weight is 303 g/mol. The Kier molecular flexibility index (Phi) is 4.18. The highest BCUT2D eigenvalue weighted by atomic mass is 16.5. The Bertz CT molecular complexity index is 744. The molecule has 2 heterocycles. The SMILES string of the molecule is CCc1c(C)c2ccc(O)c(CN3CCOCC3)c2oc1=O. The van der Waals surface area contributed by atoms with Gasteiger partial charge >= 0.3 is 5.63 Å². The number of aryl methyl sites for hydroxylation is 1. The summed E-state index contributed by atoms with van der Waals surface area (Å²) in [6.07, 6.45) is 0.643. The third-order valence-corrected chi connectivity index (χ3v) is 4.37. The number of rotatable bonds is 3. The predicted octanol–water partition coefficient (Wildman–Crippen LogP) is 2.20. The molecule has 5 heteroatoms. The second-order valence-corrected chi connectivity index (χ2v) is 5.68. The molecule has 1 saturated heterocycles. The molecule has 3 rings (SSSR count). The molecule has 0 aliphatic carbocycles. The highest BCUT2D eigenvalue weighted by Gasteiger charge is 2.19. The highest BCUT2D eigenvalue weighted by Crippen LogP contribution is 2.30. The van der Waals surface area contributed by atoms with Crippen LogP contribution in [0.15, 0.2) is 21.3 Å². The molecule has 0 atom stereocenters. The van der Waals surface area contributed by atoms with Gasteiger partial charge in [-0.05, 0) is 31.0 Å². The van der Waals surface area contributed by atoms with Crippen LogP contribution in [-0.2, 0) is 17.7 Å². The van der Waals surface area contributed by atoms with Crippen molar-refractivity contribution in [1.82, 2.24) is 4.90 Å². The Balaban J connectivity index is 2.12. The molecule has 2 aromatic rings. The molecule has 1 N–H and O–H groups in total. The van der Waals surface area contributed by atoms with Crippen LogP contribution in [0.2, 0.25) is 0 Å². The Labute approximate surface area is 129 Å². The fourth-order valence-electron chi connectivity index (χ4n) is 3.04. The molecular weight excluding hydrogens is 282 g/mol. The first-order valence-corrected chi connectivity index (χ1v) is 7.69. The maximum absolute atomic E-state index is 12.2. The molecule has 0 spiro atoms. The summed E-state index contributed by atoms with van der Waals surface area (Å²) < 4.78 is 10.9. The van der Waals surface area contributed by atoms with Crippen molar-refractivity contribution in [3.63, 3.8) is 0 Å². The van der Waals surface area contributed by atoms with Crippen molar-refractivity contribution in [1.29, 1.82) is 0 Å². The Morgan fingerprint density at radius 1 is 1.23 bits per heavy atom. The summed E-state index contributed by atoms with van der Waals surface area (Å²) in [5, 5.41) is 11.1. The van der Waals surface area contributed by atoms with Crippen LogP contribution in [0.4, 0.5) is 0 Å². The lowest BCUT2D eigenvalue weighted by molar-refractivity contribution is 0.0339. The van der Waals surface area contributed by atoms with Crippen molar-refractivity contribution in [2.24, 2.45) is 0 Å². The Hall–Kier alpha value is -1.85. The molecule has 0 unspecified atom stereocenters. The zero-order chi connectivity index (χ0) is 15.7. The van der Waals surface area contributed by atoms with Gasteiger partial charge in [-0.3, -0.25) is 4.90 Å². The van der Waals surface area contributed by atoms with Gasteiger partial charge in [0, 0.05) is 30.6 Å². The van der Waals surface area contributed by atoms with Crippen LogP contribution in [-0.4, -0.2) is 36.3 Å². The van der Waals surface area contributed by atoms with Crippen LogP contribution in [0.1, 0.15) is 23.6 Å². The first-order chi connectivity index (χ1) is 10.6. The maximum Gasteiger partial charge on any atom is 0.339 e. The summed E-state index contributed by atoms with van der Waals surface area (Å²) in [6, 6.07) is 3.51. The van der Waals surface area contributed by atoms with E-state index >= 15 is 0 Å². The molecule has 1 aliphatic rings. The van der Waals surface area contributed by atoms with Crippen molar-refractivity contribution in [3.8, 4) is 5.75 Å². The second-order valence-electron chi connectivity index (χ2n) is 5.68. The summed E-state index contributed by atoms with van der Waals surface area (Å²) in [5.74, 6) is 0.172. The largest absolute Gasteiger partial charge is 0.507 e. The average Bonchev–Trinajstić information content (AvgIpc) is 2.52. The van der Waals surface area contributed by atoms with E-state index in [0.29, 0.717) is 42.9 Å². The van der Waals surface area contributed by atoms with Gasteiger partial charge in [-0.1, -0.05) is 6.92 Å². The molecule has 118 valence electrons. The smallest absolute Gasteiger partial charge is 0.339 e. The number of phenols is 1. The normalized spacial score (nSPS) is 16.3. The van der Waals surface area contributed by atoms with E-state index in [0.717, 1.165) is 24.0 Å². The number of benzene rings is 1. The number of aromatic hydroxyl groups is 1. The first-order valence-electron chi connectivity index (χ1n) is 7.69. The summed E-state index contributed by atoms with van der Waals surface area (Å²) in [5.41, 5.74) is 2.53. The van der Waals surface area contributed by atoms with Crippen molar-refractivity contribution in [2.75, 3.05) is 26.3 Å². The fraction of sp³-hybridized carbons (Fsp3) is 0.471. The van der Waals surface area contributed by atoms with Crippen LogP contribution < -0.4 is 5.63 Å². The van der Waals surface area contributed by atoms with Crippen molar-refractivity contribution < 1.29 is 14.3 Å².